The maximum atomic E-state index is 13.5. The van der Waals surface area contributed by atoms with Gasteiger partial charge in [-0.3, -0.25) is 13.9 Å². The lowest BCUT2D eigenvalue weighted by molar-refractivity contribution is 0.510. The van der Waals surface area contributed by atoms with Crippen molar-refractivity contribution in [3.8, 4) is 5.69 Å². The second-order valence-corrected chi connectivity index (χ2v) is 7.11. The number of rotatable bonds is 3. The zero-order chi connectivity index (χ0) is 20.1. The van der Waals surface area contributed by atoms with Gasteiger partial charge in [-0.1, -0.05) is 19.1 Å². The molecule has 0 aliphatic rings. The molecule has 0 N–H and O–H groups in total. The van der Waals surface area contributed by atoms with E-state index in [1.165, 1.54) is 12.1 Å². The highest BCUT2D eigenvalue weighted by Crippen LogP contribution is 2.28. The lowest BCUT2D eigenvalue weighted by atomic mass is 10.2. The van der Waals surface area contributed by atoms with E-state index < -0.39 is 0 Å². The third-order valence-corrected chi connectivity index (χ3v) is 5.34. The Bertz CT molecular complexity index is 1440. The van der Waals surface area contributed by atoms with E-state index in [9.17, 15) is 9.18 Å². The lowest BCUT2D eigenvalue weighted by Crippen LogP contribution is -2.23. The van der Waals surface area contributed by atoms with Gasteiger partial charge in [0.1, 0.15) is 23.0 Å². The minimum absolute atomic E-state index is 0.0111. The van der Waals surface area contributed by atoms with Gasteiger partial charge in [-0.05, 0) is 49.7 Å². The van der Waals surface area contributed by atoms with Crippen molar-refractivity contribution in [2.24, 2.45) is 0 Å². The van der Waals surface area contributed by atoms with E-state index in [-0.39, 0.29) is 17.4 Å². The molecule has 0 aliphatic heterocycles. The van der Waals surface area contributed by atoms with Crippen molar-refractivity contribution in [3.63, 3.8) is 0 Å². The quantitative estimate of drug-likeness (QED) is 0.460. The van der Waals surface area contributed by atoms with Crippen LogP contribution >= 0.6 is 0 Å². The fraction of sp³-hybridized carbons (Fsp3) is 0.182. The first-order chi connectivity index (χ1) is 14.1. The molecule has 1 atom stereocenters. The van der Waals surface area contributed by atoms with E-state index in [2.05, 4.69) is 4.98 Å². The van der Waals surface area contributed by atoms with Crippen molar-refractivity contribution in [3.05, 3.63) is 71.0 Å². The minimum Gasteiger partial charge on any atom is -0.296 e. The van der Waals surface area contributed by atoms with Crippen LogP contribution in [-0.2, 0) is 0 Å². The van der Waals surface area contributed by atoms with Gasteiger partial charge in [0, 0.05) is 11.7 Å². The van der Waals surface area contributed by atoms with Crippen molar-refractivity contribution < 1.29 is 4.39 Å². The molecule has 0 aliphatic carbocycles. The molecule has 29 heavy (non-hydrogen) atoms. The van der Waals surface area contributed by atoms with Crippen LogP contribution in [0, 0.1) is 5.82 Å². The Morgan fingerprint density at radius 2 is 1.69 bits per heavy atom. The molecule has 0 saturated carbocycles. The number of hydrogen-bond acceptors (Lipinski definition) is 4. The van der Waals surface area contributed by atoms with Crippen LogP contribution in [0.1, 0.15) is 26.3 Å². The van der Waals surface area contributed by atoms with E-state index >= 15 is 0 Å². The molecule has 7 heteroatoms. The van der Waals surface area contributed by atoms with Crippen LogP contribution in [0.2, 0.25) is 0 Å². The Morgan fingerprint density at radius 1 is 1.00 bits per heavy atom. The first kappa shape index (κ1) is 17.5. The summed E-state index contributed by atoms with van der Waals surface area (Å²) in [4.78, 5) is 27.5. The van der Waals surface area contributed by atoms with Crippen LogP contribution in [0.4, 0.5) is 4.39 Å². The van der Waals surface area contributed by atoms with Crippen LogP contribution in [0.5, 0.6) is 0 Å². The number of para-hydroxylation sites is 2. The van der Waals surface area contributed by atoms with Gasteiger partial charge in [-0.25, -0.2) is 19.3 Å². The Kier molecular flexibility index (Phi) is 3.91. The fourth-order valence-corrected chi connectivity index (χ4v) is 3.60. The van der Waals surface area contributed by atoms with E-state index in [4.69, 9.17) is 9.97 Å². The highest BCUT2D eigenvalue weighted by atomic mass is 19.1. The molecule has 144 valence electrons. The fourth-order valence-electron chi connectivity index (χ4n) is 3.60. The van der Waals surface area contributed by atoms with Gasteiger partial charge >= 0.3 is 0 Å². The van der Waals surface area contributed by atoms with Crippen LogP contribution in [0.3, 0.4) is 0 Å². The van der Waals surface area contributed by atoms with E-state index in [0.717, 1.165) is 6.42 Å². The SMILES string of the molecule is CC[C@H](C)n1cnc2c(c1=O)c1nc3ccccc3nc1n2-c1ccc(F)cc1. The first-order valence-corrected chi connectivity index (χ1v) is 9.52. The summed E-state index contributed by atoms with van der Waals surface area (Å²) in [7, 11) is 0. The molecule has 0 amide bonds. The van der Waals surface area contributed by atoms with Crippen molar-refractivity contribution in [2.45, 2.75) is 26.3 Å². The Morgan fingerprint density at radius 3 is 2.38 bits per heavy atom. The summed E-state index contributed by atoms with van der Waals surface area (Å²) in [5, 5.41) is 0.422. The molecule has 5 aromatic rings. The number of hydrogen-bond donors (Lipinski definition) is 0. The van der Waals surface area contributed by atoms with Crippen molar-refractivity contribution >= 4 is 33.2 Å². The summed E-state index contributed by atoms with van der Waals surface area (Å²) in [6.07, 6.45) is 2.37. The van der Waals surface area contributed by atoms with Crippen molar-refractivity contribution in [2.75, 3.05) is 0 Å². The van der Waals surface area contributed by atoms with Crippen molar-refractivity contribution in [1.82, 2.24) is 24.1 Å². The summed E-state index contributed by atoms with van der Waals surface area (Å²) < 4.78 is 16.9. The Hall–Kier alpha value is -3.61. The average molecular weight is 387 g/mol. The second kappa shape index (κ2) is 6.48. The Labute approximate surface area is 165 Å². The highest BCUT2D eigenvalue weighted by Gasteiger charge is 2.21. The molecular formula is C22H18FN5O. The van der Waals surface area contributed by atoms with Crippen LogP contribution in [0.25, 0.3) is 38.9 Å². The van der Waals surface area contributed by atoms with E-state index in [1.807, 2.05) is 38.1 Å². The lowest BCUT2D eigenvalue weighted by Gasteiger charge is -2.12. The predicted octanol–water partition coefficient (Wildman–Crippen LogP) is 4.39. The predicted molar refractivity (Wildman–Crippen MR) is 111 cm³/mol. The number of nitrogens with zero attached hydrogens (tertiary/aromatic N) is 5. The molecule has 0 unspecified atom stereocenters. The van der Waals surface area contributed by atoms with Gasteiger partial charge in [-0.15, -0.1) is 0 Å². The van der Waals surface area contributed by atoms with Gasteiger partial charge in [0.25, 0.3) is 5.56 Å². The van der Waals surface area contributed by atoms with E-state index in [0.29, 0.717) is 38.9 Å². The largest absolute Gasteiger partial charge is 0.296 e. The summed E-state index contributed by atoms with van der Waals surface area (Å²) in [6, 6.07) is 13.6. The molecule has 3 aromatic heterocycles. The summed E-state index contributed by atoms with van der Waals surface area (Å²) >= 11 is 0. The smallest absolute Gasteiger partial charge is 0.265 e. The molecule has 0 saturated heterocycles. The minimum atomic E-state index is -0.335. The number of aromatic nitrogens is 5. The van der Waals surface area contributed by atoms with E-state index in [1.54, 1.807) is 27.6 Å². The average Bonchev–Trinajstić information content (AvgIpc) is 3.06. The van der Waals surface area contributed by atoms with Gasteiger partial charge in [0.05, 0.1) is 11.0 Å². The van der Waals surface area contributed by atoms with Crippen LogP contribution in [-0.4, -0.2) is 24.1 Å². The molecular weight excluding hydrogens is 369 g/mol. The molecule has 5 rings (SSSR count). The van der Waals surface area contributed by atoms with Gasteiger partial charge < -0.3 is 0 Å². The monoisotopic (exact) mass is 387 g/mol. The zero-order valence-corrected chi connectivity index (χ0v) is 16.0. The maximum Gasteiger partial charge on any atom is 0.265 e. The maximum absolute atomic E-state index is 13.5. The topological polar surface area (TPSA) is 65.6 Å². The van der Waals surface area contributed by atoms with Gasteiger partial charge in [-0.2, -0.15) is 0 Å². The molecule has 0 radical (unpaired) electrons. The Balaban J connectivity index is 1.98. The molecule has 3 heterocycles. The number of fused-ring (bicyclic) bond motifs is 4. The zero-order valence-electron chi connectivity index (χ0n) is 16.0. The van der Waals surface area contributed by atoms with Crippen LogP contribution in [0.15, 0.2) is 59.7 Å². The van der Waals surface area contributed by atoms with Crippen LogP contribution < -0.4 is 5.56 Å². The summed E-state index contributed by atoms with van der Waals surface area (Å²) in [6.45, 7) is 4.01. The molecule has 0 fully saturated rings. The second-order valence-electron chi connectivity index (χ2n) is 7.11. The molecule has 2 aromatic carbocycles. The first-order valence-electron chi connectivity index (χ1n) is 9.52. The summed E-state index contributed by atoms with van der Waals surface area (Å²) in [5.74, 6) is -0.335. The highest BCUT2D eigenvalue weighted by molar-refractivity contribution is 6.05. The third kappa shape index (κ3) is 2.61. The normalized spacial score (nSPS) is 12.8. The van der Waals surface area contributed by atoms with Crippen molar-refractivity contribution in [1.29, 1.82) is 0 Å². The summed E-state index contributed by atoms with van der Waals surface area (Å²) in [5.41, 5.74) is 3.43. The third-order valence-electron chi connectivity index (χ3n) is 5.34. The number of benzene rings is 2. The molecule has 0 spiro atoms. The molecule has 0 bridgehead atoms. The number of halogens is 1. The van der Waals surface area contributed by atoms with Gasteiger partial charge in [0.2, 0.25) is 0 Å². The standard InChI is InChI=1S/C22H18FN5O/c1-3-13(2)27-12-24-20-18(22(27)29)19-21(26-17-7-5-4-6-16(17)25-19)28(20)15-10-8-14(23)9-11-15/h4-13H,3H2,1-2H3/t13-/m0/s1. The molecule has 6 nitrogen and oxygen atoms in total. The van der Waals surface area contributed by atoms with Gasteiger partial charge in [0.15, 0.2) is 11.3 Å².